The van der Waals surface area contributed by atoms with Gasteiger partial charge in [0.15, 0.2) is 11.5 Å². The molecule has 2 aromatic carbocycles. The topological polar surface area (TPSA) is 40.5 Å². The summed E-state index contributed by atoms with van der Waals surface area (Å²) < 4.78 is 12.7. The third kappa shape index (κ3) is 1.49. The summed E-state index contributed by atoms with van der Waals surface area (Å²) in [7, 11) is 0. The second kappa shape index (κ2) is 4.13. The first-order valence-corrected chi connectivity index (χ1v) is 7.37. The van der Waals surface area contributed by atoms with Crippen molar-refractivity contribution in [2.24, 2.45) is 0 Å². The van der Waals surface area contributed by atoms with Gasteiger partial charge in [0, 0.05) is 12.1 Å². The second-order valence-electron chi connectivity index (χ2n) is 5.69. The molecular formula is C18H13NO3. The Morgan fingerprint density at radius 1 is 1.00 bits per heavy atom. The lowest BCUT2D eigenvalue weighted by Crippen LogP contribution is -2.26. The van der Waals surface area contributed by atoms with Gasteiger partial charge in [-0.05, 0) is 35.6 Å². The molecule has 0 amide bonds. The van der Waals surface area contributed by atoms with Crippen LogP contribution in [0.2, 0.25) is 0 Å². The van der Waals surface area contributed by atoms with Crippen molar-refractivity contribution in [3.05, 3.63) is 58.4 Å². The largest absolute Gasteiger partial charge is 0.454 e. The number of fused-ring (bicyclic) bond motifs is 5. The summed E-state index contributed by atoms with van der Waals surface area (Å²) in [4.78, 5) is 12.8. The van der Waals surface area contributed by atoms with Crippen LogP contribution in [0, 0.1) is 0 Å². The molecule has 22 heavy (non-hydrogen) atoms. The fourth-order valence-corrected chi connectivity index (χ4v) is 3.41. The van der Waals surface area contributed by atoms with Crippen molar-refractivity contribution < 1.29 is 9.47 Å². The van der Waals surface area contributed by atoms with Crippen molar-refractivity contribution in [3.63, 3.8) is 0 Å². The van der Waals surface area contributed by atoms with E-state index in [1.165, 1.54) is 5.56 Å². The van der Waals surface area contributed by atoms with E-state index in [-0.39, 0.29) is 12.4 Å². The van der Waals surface area contributed by atoms with Crippen LogP contribution in [0.5, 0.6) is 11.5 Å². The summed E-state index contributed by atoms with van der Waals surface area (Å²) in [5, 5.41) is 1.59. The first kappa shape index (κ1) is 11.9. The standard InChI is InChI=1S/C18H13NO3/c20-18-14-9-17-16(21-10-22-17)8-12(14)7-15-13-4-2-1-3-11(13)5-6-19(15)18/h1-4,7-9H,5-6,10H2. The van der Waals surface area contributed by atoms with Crippen LogP contribution < -0.4 is 15.0 Å². The summed E-state index contributed by atoms with van der Waals surface area (Å²) in [6.45, 7) is 0.936. The molecule has 2 aliphatic heterocycles. The van der Waals surface area contributed by atoms with Crippen molar-refractivity contribution in [1.29, 1.82) is 0 Å². The number of hydrogen-bond donors (Lipinski definition) is 0. The lowest BCUT2D eigenvalue weighted by Gasteiger charge is -2.22. The Bertz CT molecular complexity index is 988. The third-order valence-corrected chi connectivity index (χ3v) is 4.50. The number of pyridine rings is 1. The number of nitrogens with zero attached hydrogens (tertiary/aromatic N) is 1. The van der Waals surface area contributed by atoms with Crippen molar-refractivity contribution >= 4 is 10.8 Å². The highest BCUT2D eigenvalue weighted by Crippen LogP contribution is 2.37. The zero-order valence-corrected chi connectivity index (χ0v) is 11.8. The molecule has 0 saturated carbocycles. The molecule has 0 saturated heterocycles. The monoisotopic (exact) mass is 291 g/mol. The van der Waals surface area contributed by atoms with Gasteiger partial charge in [-0.25, -0.2) is 0 Å². The molecule has 4 heteroatoms. The number of rotatable bonds is 0. The summed E-state index contributed by atoms with van der Waals surface area (Å²) in [5.41, 5.74) is 3.46. The molecule has 0 radical (unpaired) electrons. The lowest BCUT2D eigenvalue weighted by molar-refractivity contribution is 0.174. The molecule has 108 valence electrons. The van der Waals surface area contributed by atoms with Crippen molar-refractivity contribution in [2.75, 3.05) is 6.79 Å². The van der Waals surface area contributed by atoms with E-state index >= 15 is 0 Å². The minimum Gasteiger partial charge on any atom is -0.454 e. The maximum absolute atomic E-state index is 12.8. The van der Waals surface area contributed by atoms with Gasteiger partial charge in [-0.1, -0.05) is 24.3 Å². The highest BCUT2D eigenvalue weighted by Gasteiger charge is 2.21. The molecular weight excluding hydrogens is 278 g/mol. The van der Waals surface area contributed by atoms with E-state index in [0.29, 0.717) is 16.9 Å². The van der Waals surface area contributed by atoms with Crippen LogP contribution in [0.1, 0.15) is 5.56 Å². The minimum atomic E-state index is 0.0419. The Morgan fingerprint density at radius 3 is 2.73 bits per heavy atom. The van der Waals surface area contributed by atoms with Crippen molar-refractivity contribution in [1.82, 2.24) is 4.57 Å². The van der Waals surface area contributed by atoms with Gasteiger partial charge in [-0.15, -0.1) is 0 Å². The van der Waals surface area contributed by atoms with Crippen LogP contribution in [0.25, 0.3) is 22.0 Å². The van der Waals surface area contributed by atoms with E-state index in [1.54, 1.807) is 6.07 Å². The van der Waals surface area contributed by atoms with E-state index < -0.39 is 0 Å². The summed E-state index contributed by atoms with van der Waals surface area (Å²) >= 11 is 0. The van der Waals surface area contributed by atoms with Crippen LogP contribution >= 0.6 is 0 Å². The lowest BCUT2D eigenvalue weighted by atomic mass is 9.96. The molecule has 1 aromatic heterocycles. The Morgan fingerprint density at radius 2 is 1.82 bits per heavy atom. The SMILES string of the molecule is O=c1c2cc3c(cc2cc2n1CCc1ccccc1-2)OCO3. The van der Waals surface area contributed by atoms with Gasteiger partial charge in [0.25, 0.3) is 5.56 Å². The molecule has 0 N–H and O–H groups in total. The predicted molar refractivity (Wildman–Crippen MR) is 83.5 cm³/mol. The van der Waals surface area contributed by atoms with E-state index in [2.05, 4.69) is 18.2 Å². The van der Waals surface area contributed by atoms with Gasteiger partial charge < -0.3 is 14.0 Å². The Kier molecular flexibility index (Phi) is 2.23. The fourth-order valence-electron chi connectivity index (χ4n) is 3.41. The first-order valence-electron chi connectivity index (χ1n) is 7.37. The minimum absolute atomic E-state index is 0.0419. The van der Waals surface area contributed by atoms with Gasteiger partial charge >= 0.3 is 0 Å². The van der Waals surface area contributed by atoms with Crippen LogP contribution in [0.15, 0.2) is 47.3 Å². The fraction of sp³-hybridized carbons (Fsp3) is 0.167. The van der Waals surface area contributed by atoms with Crippen LogP contribution in [0.4, 0.5) is 0 Å². The molecule has 0 bridgehead atoms. The molecule has 0 aliphatic carbocycles. The summed E-state index contributed by atoms with van der Waals surface area (Å²) in [6, 6.07) is 14.1. The molecule has 0 unspecified atom stereocenters. The van der Waals surface area contributed by atoms with E-state index in [4.69, 9.17) is 9.47 Å². The van der Waals surface area contributed by atoms with E-state index in [9.17, 15) is 4.79 Å². The highest BCUT2D eigenvalue weighted by atomic mass is 16.7. The van der Waals surface area contributed by atoms with Crippen molar-refractivity contribution in [2.45, 2.75) is 13.0 Å². The molecule has 0 spiro atoms. The summed E-state index contributed by atoms with van der Waals surface area (Å²) in [5.74, 6) is 1.36. The normalized spacial score (nSPS) is 14.7. The number of ether oxygens (including phenoxy) is 2. The smallest absolute Gasteiger partial charge is 0.259 e. The van der Waals surface area contributed by atoms with Gasteiger partial charge in [-0.3, -0.25) is 4.79 Å². The van der Waals surface area contributed by atoms with Crippen LogP contribution in [-0.4, -0.2) is 11.4 Å². The van der Waals surface area contributed by atoms with Crippen molar-refractivity contribution in [3.8, 4) is 22.8 Å². The van der Waals surface area contributed by atoms with Crippen LogP contribution in [0.3, 0.4) is 0 Å². The Balaban J connectivity index is 1.88. The Hall–Kier alpha value is -2.75. The summed E-state index contributed by atoms with van der Waals surface area (Å²) in [6.07, 6.45) is 0.888. The molecule has 5 rings (SSSR count). The number of aryl methyl sites for hydroxylation is 1. The average molecular weight is 291 g/mol. The highest BCUT2D eigenvalue weighted by molar-refractivity contribution is 5.89. The molecule has 0 fully saturated rings. The zero-order chi connectivity index (χ0) is 14.7. The van der Waals surface area contributed by atoms with Gasteiger partial charge in [0.2, 0.25) is 6.79 Å². The maximum Gasteiger partial charge on any atom is 0.259 e. The molecule has 3 aromatic rings. The van der Waals surface area contributed by atoms with Gasteiger partial charge in [0.05, 0.1) is 11.1 Å². The van der Waals surface area contributed by atoms with E-state index in [0.717, 1.165) is 29.6 Å². The van der Waals surface area contributed by atoms with Gasteiger partial charge in [0.1, 0.15) is 0 Å². The number of benzene rings is 2. The van der Waals surface area contributed by atoms with E-state index in [1.807, 2.05) is 22.8 Å². The maximum atomic E-state index is 12.8. The average Bonchev–Trinajstić information content (AvgIpc) is 3.01. The molecule has 2 aliphatic rings. The number of hydrogen-bond acceptors (Lipinski definition) is 3. The first-order chi connectivity index (χ1) is 10.8. The molecule has 4 nitrogen and oxygen atoms in total. The number of aromatic nitrogens is 1. The molecule has 3 heterocycles. The Labute approximate surface area is 126 Å². The quantitative estimate of drug-likeness (QED) is 0.639. The van der Waals surface area contributed by atoms with Crippen LogP contribution in [-0.2, 0) is 13.0 Å². The zero-order valence-electron chi connectivity index (χ0n) is 11.8. The predicted octanol–water partition coefficient (Wildman–Crippen LogP) is 2.95. The molecule has 0 atom stereocenters. The third-order valence-electron chi connectivity index (χ3n) is 4.50. The second-order valence-corrected chi connectivity index (χ2v) is 5.69. The van der Waals surface area contributed by atoms with Gasteiger partial charge in [-0.2, -0.15) is 0 Å².